The Morgan fingerprint density at radius 3 is 2.52 bits per heavy atom. The van der Waals surface area contributed by atoms with Gasteiger partial charge in [-0.2, -0.15) is 10.2 Å². The molecule has 3 heteroatoms. The Kier molecular flexibility index (Phi) is 6.27. The van der Waals surface area contributed by atoms with E-state index in [9.17, 15) is 0 Å². The van der Waals surface area contributed by atoms with Crippen molar-refractivity contribution in [3.05, 3.63) is 35.9 Å². The summed E-state index contributed by atoms with van der Waals surface area (Å²) in [6, 6.07) is 8.59. The van der Waals surface area contributed by atoms with Crippen molar-refractivity contribution in [2.24, 2.45) is 44.7 Å². The molecule has 4 aliphatic carbocycles. The van der Waals surface area contributed by atoms with Crippen LogP contribution in [0.5, 0.6) is 0 Å². The minimum atomic E-state index is 0.280. The van der Waals surface area contributed by atoms with E-state index in [1.807, 2.05) is 12.3 Å². The fourth-order valence-corrected chi connectivity index (χ4v) is 8.43. The van der Waals surface area contributed by atoms with Crippen LogP contribution < -0.4 is 4.90 Å². The zero-order chi connectivity index (χ0) is 23.1. The van der Waals surface area contributed by atoms with Gasteiger partial charge < -0.3 is 4.90 Å². The molecule has 0 spiro atoms. The molecule has 6 unspecified atom stereocenters. The molecule has 1 aromatic carbocycles. The first-order valence-corrected chi connectivity index (χ1v) is 13.5. The third-order valence-electron chi connectivity index (χ3n) is 10.4. The smallest absolute Gasteiger partial charge is 0.0495 e. The van der Waals surface area contributed by atoms with Crippen molar-refractivity contribution in [3.63, 3.8) is 0 Å². The van der Waals surface area contributed by atoms with Gasteiger partial charge in [-0.15, -0.1) is 0 Å². The van der Waals surface area contributed by atoms with E-state index in [-0.39, 0.29) is 5.41 Å². The fourth-order valence-electron chi connectivity index (χ4n) is 8.43. The summed E-state index contributed by atoms with van der Waals surface area (Å²) in [5.74, 6) is 3.71. The van der Waals surface area contributed by atoms with Gasteiger partial charge in [-0.25, -0.2) is 0 Å². The van der Waals surface area contributed by atoms with Crippen LogP contribution in [0.4, 0.5) is 5.69 Å². The number of hydrogen-bond acceptors (Lipinski definition) is 3. The van der Waals surface area contributed by atoms with E-state index in [2.05, 4.69) is 68.3 Å². The van der Waals surface area contributed by atoms with Gasteiger partial charge in [0.05, 0.1) is 0 Å². The lowest BCUT2D eigenvalue weighted by molar-refractivity contribution is -0.0936. The minimum Gasteiger partial charge on any atom is -0.378 e. The third-order valence-corrected chi connectivity index (χ3v) is 10.4. The second-order valence-corrected chi connectivity index (χ2v) is 12.1. The maximum Gasteiger partial charge on any atom is 0.0495 e. The number of nitrogens with zero attached hydrogens (tertiary/aromatic N) is 3. The highest BCUT2D eigenvalue weighted by atomic mass is 15.2. The molecule has 178 valence electrons. The average molecular weight is 446 g/mol. The molecule has 0 bridgehead atoms. The SMILES string of the molecule is CN(C)c1ccc(/C=C/C=N/N=C2/CCC3C4CCC5CCCCC5(C)C4CCC23C)cc1. The molecule has 0 aliphatic heterocycles. The number of anilines is 1. The van der Waals surface area contributed by atoms with Crippen molar-refractivity contribution < 1.29 is 0 Å². The monoisotopic (exact) mass is 445 g/mol. The van der Waals surface area contributed by atoms with Gasteiger partial charge in [-0.05, 0) is 104 Å². The number of allylic oxidation sites excluding steroid dienone is 1. The first kappa shape index (κ1) is 22.9. The predicted molar refractivity (Wildman–Crippen MR) is 142 cm³/mol. The number of benzene rings is 1. The van der Waals surface area contributed by atoms with Crippen LogP contribution in [0.2, 0.25) is 0 Å². The van der Waals surface area contributed by atoms with Crippen molar-refractivity contribution >= 4 is 23.7 Å². The van der Waals surface area contributed by atoms with Crippen molar-refractivity contribution in [3.8, 4) is 0 Å². The Balaban J connectivity index is 1.25. The lowest BCUT2D eigenvalue weighted by Gasteiger charge is -2.59. The summed E-state index contributed by atoms with van der Waals surface area (Å²) >= 11 is 0. The molecule has 4 aliphatic rings. The molecule has 0 aromatic heterocycles. The molecule has 4 fully saturated rings. The van der Waals surface area contributed by atoms with Gasteiger partial charge in [-0.1, -0.05) is 44.9 Å². The van der Waals surface area contributed by atoms with E-state index in [1.165, 1.54) is 74.7 Å². The molecule has 3 nitrogen and oxygen atoms in total. The minimum absolute atomic E-state index is 0.280. The van der Waals surface area contributed by atoms with E-state index >= 15 is 0 Å². The van der Waals surface area contributed by atoms with E-state index in [0.29, 0.717) is 5.41 Å². The molecule has 0 radical (unpaired) electrons. The molecular formula is C30H43N3. The van der Waals surface area contributed by atoms with Gasteiger partial charge in [0, 0.05) is 37.1 Å². The van der Waals surface area contributed by atoms with Gasteiger partial charge in [0.15, 0.2) is 0 Å². The predicted octanol–water partition coefficient (Wildman–Crippen LogP) is 7.63. The molecule has 0 N–H and O–H groups in total. The summed E-state index contributed by atoms with van der Waals surface area (Å²) in [5.41, 5.74) is 4.69. The zero-order valence-electron chi connectivity index (χ0n) is 21.3. The summed E-state index contributed by atoms with van der Waals surface area (Å²) in [5, 5.41) is 9.31. The lowest BCUT2D eigenvalue weighted by atomic mass is 9.45. The van der Waals surface area contributed by atoms with Crippen LogP contribution in [0.1, 0.15) is 83.6 Å². The fraction of sp³-hybridized carbons (Fsp3) is 0.667. The van der Waals surface area contributed by atoms with Crippen molar-refractivity contribution in [2.45, 2.75) is 78.1 Å². The molecule has 4 saturated carbocycles. The first-order chi connectivity index (χ1) is 15.9. The summed E-state index contributed by atoms with van der Waals surface area (Å²) < 4.78 is 0. The summed E-state index contributed by atoms with van der Waals surface area (Å²) in [4.78, 5) is 2.12. The van der Waals surface area contributed by atoms with Crippen LogP contribution >= 0.6 is 0 Å². The van der Waals surface area contributed by atoms with Gasteiger partial charge in [0.2, 0.25) is 0 Å². The first-order valence-electron chi connectivity index (χ1n) is 13.5. The van der Waals surface area contributed by atoms with E-state index in [4.69, 9.17) is 5.10 Å². The Morgan fingerprint density at radius 1 is 0.909 bits per heavy atom. The largest absolute Gasteiger partial charge is 0.378 e. The van der Waals surface area contributed by atoms with Crippen molar-refractivity contribution in [1.29, 1.82) is 0 Å². The van der Waals surface area contributed by atoms with Crippen LogP contribution in [0, 0.1) is 34.5 Å². The van der Waals surface area contributed by atoms with Crippen LogP contribution in [-0.4, -0.2) is 26.0 Å². The van der Waals surface area contributed by atoms with Crippen LogP contribution in [0.15, 0.2) is 40.5 Å². The topological polar surface area (TPSA) is 28.0 Å². The van der Waals surface area contributed by atoms with Crippen LogP contribution in [0.25, 0.3) is 6.08 Å². The highest BCUT2D eigenvalue weighted by Crippen LogP contribution is 2.65. The summed E-state index contributed by atoms with van der Waals surface area (Å²) in [7, 11) is 4.14. The third kappa shape index (κ3) is 4.10. The van der Waals surface area contributed by atoms with Gasteiger partial charge >= 0.3 is 0 Å². The normalized spacial score (nSPS) is 39.6. The number of fused-ring (bicyclic) bond motifs is 5. The molecule has 33 heavy (non-hydrogen) atoms. The molecule has 1 aromatic rings. The van der Waals surface area contributed by atoms with Crippen molar-refractivity contribution in [2.75, 3.05) is 19.0 Å². The number of rotatable bonds is 4. The molecule has 5 rings (SSSR count). The maximum atomic E-state index is 4.81. The van der Waals surface area contributed by atoms with Gasteiger partial charge in [-0.3, -0.25) is 0 Å². The molecule has 6 atom stereocenters. The maximum absolute atomic E-state index is 4.81. The van der Waals surface area contributed by atoms with E-state index in [1.54, 1.807) is 0 Å². The zero-order valence-corrected chi connectivity index (χ0v) is 21.3. The van der Waals surface area contributed by atoms with Crippen LogP contribution in [0.3, 0.4) is 0 Å². The lowest BCUT2D eigenvalue weighted by Crippen LogP contribution is -2.52. The van der Waals surface area contributed by atoms with Crippen molar-refractivity contribution in [1.82, 2.24) is 0 Å². The molecular weight excluding hydrogens is 402 g/mol. The van der Waals surface area contributed by atoms with E-state index in [0.717, 1.165) is 30.1 Å². The van der Waals surface area contributed by atoms with Gasteiger partial charge in [0.1, 0.15) is 0 Å². The second kappa shape index (κ2) is 9.04. The standard InChI is InChI=1S/C30H43N3/c1-29-19-6-5-9-23(29)12-15-25-26-16-17-28(30(26,2)20-18-27(25)29)32-31-21-7-8-22-10-13-24(14-11-22)33(3)4/h7-8,10-11,13-14,21,23,25-27H,5-6,9,12,15-20H2,1-4H3/b8-7+,31-21+,32-28-. The summed E-state index contributed by atoms with van der Waals surface area (Å²) in [6.45, 7) is 5.19. The molecule has 0 amide bonds. The summed E-state index contributed by atoms with van der Waals surface area (Å²) in [6.07, 6.45) is 20.1. The second-order valence-electron chi connectivity index (χ2n) is 12.1. The Morgan fingerprint density at radius 2 is 1.73 bits per heavy atom. The Hall–Kier alpha value is -1.90. The number of hydrogen-bond donors (Lipinski definition) is 0. The quantitative estimate of drug-likeness (QED) is 0.346. The van der Waals surface area contributed by atoms with Crippen LogP contribution in [-0.2, 0) is 0 Å². The molecule has 0 saturated heterocycles. The van der Waals surface area contributed by atoms with Gasteiger partial charge in [0.25, 0.3) is 0 Å². The van der Waals surface area contributed by atoms with E-state index < -0.39 is 0 Å². The highest BCUT2D eigenvalue weighted by Gasteiger charge is 2.58. The average Bonchev–Trinajstić information content (AvgIpc) is 3.15. The highest BCUT2D eigenvalue weighted by molar-refractivity contribution is 5.93. The Bertz CT molecular complexity index is 926. The Labute approximate surface area is 201 Å². The molecule has 0 heterocycles.